The van der Waals surface area contributed by atoms with Crippen LogP contribution in [-0.4, -0.2) is 70.4 Å². The summed E-state index contributed by atoms with van der Waals surface area (Å²) in [5.74, 6) is -0.743. The molecule has 0 unspecified atom stereocenters. The number of piperidine rings is 1. The van der Waals surface area contributed by atoms with Gasteiger partial charge < -0.3 is 15.3 Å². The number of carboxylic acid groups (broad SMARTS) is 1. The van der Waals surface area contributed by atoms with Gasteiger partial charge in [-0.3, -0.25) is 14.5 Å². The predicted molar refractivity (Wildman–Crippen MR) is 128 cm³/mol. The monoisotopic (exact) mass is 451 g/mol. The van der Waals surface area contributed by atoms with E-state index in [0.717, 1.165) is 25.8 Å². The standard InChI is InChI=1S/C25H45N3O4/c1-10-19-11-12-20(28(14-19)17(6)7)23(29)26-22(16(4)5)24(30)27(9)21(15(2)3)13-18(8)25(31)32/h13,15-17,19-22H,10-12,14H2,1-9H3,(H,26,29)(H,31,32)/b18-13+/t19-,20-,21-,22+/m1/s1. The molecule has 32 heavy (non-hydrogen) atoms. The molecule has 1 heterocycles. The van der Waals surface area contributed by atoms with Gasteiger partial charge in [0.25, 0.3) is 0 Å². The number of aliphatic carboxylic acids is 1. The summed E-state index contributed by atoms with van der Waals surface area (Å²) in [5, 5.41) is 12.3. The number of carbonyl (C=O) groups is 3. The fourth-order valence-electron chi connectivity index (χ4n) is 4.47. The highest BCUT2D eigenvalue weighted by molar-refractivity contribution is 5.90. The third-order valence-corrected chi connectivity index (χ3v) is 6.73. The molecule has 7 nitrogen and oxygen atoms in total. The first-order valence-corrected chi connectivity index (χ1v) is 12.1. The normalized spacial score (nSPS) is 22.2. The Labute approximate surface area is 194 Å². The smallest absolute Gasteiger partial charge is 0.331 e. The predicted octanol–water partition coefficient (Wildman–Crippen LogP) is 3.54. The van der Waals surface area contributed by atoms with E-state index in [1.165, 1.54) is 6.92 Å². The fourth-order valence-corrected chi connectivity index (χ4v) is 4.47. The SMILES string of the molecule is CC[C@@H]1CC[C@H](C(=O)N[C@H](C(=O)N(C)[C@H](/C=C(\C)C(=O)O)C(C)C)C(C)C)N(C(C)C)C1. The molecule has 0 saturated carbocycles. The number of nitrogens with zero attached hydrogens (tertiary/aromatic N) is 2. The number of hydrogen-bond acceptors (Lipinski definition) is 4. The second kappa shape index (κ2) is 12.4. The van der Waals surface area contributed by atoms with Crippen molar-refractivity contribution in [3.8, 4) is 0 Å². The van der Waals surface area contributed by atoms with Crippen molar-refractivity contribution in [2.24, 2.45) is 17.8 Å². The second-order valence-corrected chi connectivity index (χ2v) is 10.2. The van der Waals surface area contributed by atoms with Crippen LogP contribution < -0.4 is 5.32 Å². The molecule has 1 aliphatic heterocycles. The Balaban J connectivity index is 3.06. The molecule has 2 amide bonds. The minimum absolute atomic E-state index is 0.0301. The molecule has 0 bridgehead atoms. The zero-order valence-corrected chi connectivity index (χ0v) is 21.5. The summed E-state index contributed by atoms with van der Waals surface area (Å²) in [5.41, 5.74) is 0.203. The van der Waals surface area contributed by atoms with Crippen LogP contribution in [0.1, 0.15) is 74.7 Å². The number of amides is 2. The topological polar surface area (TPSA) is 90.0 Å². The summed E-state index contributed by atoms with van der Waals surface area (Å²) in [6.07, 6.45) is 4.55. The minimum atomic E-state index is -0.998. The highest BCUT2D eigenvalue weighted by Crippen LogP contribution is 2.26. The van der Waals surface area contributed by atoms with Gasteiger partial charge in [0, 0.05) is 25.2 Å². The first-order valence-electron chi connectivity index (χ1n) is 12.1. The van der Waals surface area contributed by atoms with Gasteiger partial charge in [-0.15, -0.1) is 0 Å². The van der Waals surface area contributed by atoms with Crippen LogP contribution in [0.2, 0.25) is 0 Å². The Morgan fingerprint density at radius 3 is 2.12 bits per heavy atom. The van der Waals surface area contributed by atoms with E-state index in [1.54, 1.807) is 18.0 Å². The van der Waals surface area contributed by atoms with Crippen LogP contribution in [0, 0.1) is 17.8 Å². The van der Waals surface area contributed by atoms with Gasteiger partial charge >= 0.3 is 5.97 Å². The fraction of sp³-hybridized carbons (Fsp3) is 0.800. The van der Waals surface area contributed by atoms with Crippen molar-refractivity contribution in [3.05, 3.63) is 11.6 Å². The number of rotatable bonds is 10. The van der Waals surface area contributed by atoms with E-state index in [4.69, 9.17) is 0 Å². The highest BCUT2D eigenvalue weighted by atomic mass is 16.4. The molecule has 2 N–H and O–H groups in total. The first-order chi connectivity index (χ1) is 14.8. The zero-order chi connectivity index (χ0) is 24.7. The molecule has 1 saturated heterocycles. The maximum absolute atomic E-state index is 13.4. The molecule has 4 atom stereocenters. The minimum Gasteiger partial charge on any atom is -0.478 e. The number of likely N-dealkylation sites (N-methyl/N-ethyl adjacent to an activating group) is 1. The molecule has 7 heteroatoms. The molecule has 0 radical (unpaired) electrons. The Morgan fingerprint density at radius 2 is 1.69 bits per heavy atom. The quantitative estimate of drug-likeness (QED) is 0.496. The van der Waals surface area contributed by atoms with E-state index < -0.39 is 12.0 Å². The van der Waals surface area contributed by atoms with Crippen LogP contribution in [-0.2, 0) is 14.4 Å². The van der Waals surface area contributed by atoms with Crippen molar-refractivity contribution < 1.29 is 19.5 Å². The van der Waals surface area contributed by atoms with Gasteiger partial charge in [-0.25, -0.2) is 4.79 Å². The molecule has 184 valence electrons. The number of carbonyl (C=O) groups excluding carboxylic acids is 2. The van der Waals surface area contributed by atoms with Crippen LogP contribution in [0.25, 0.3) is 0 Å². The Hall–Kier alpha value is -1.89. The molecule has 0 aromatic carbocycles. The summed E-state index contributed by atoms with van der Waals surface area (Å²) in [6, 6.07) is -1.01. The lowest BCUT2D eigenvalue weighted by atomic mass is 9.89. The molecule has 0 aromatic rings. The van der Waals surface area contributed by atoms with Crippen molar-refractivity contribution >= 4 is 17.8 Å². The summed E-state index contributed by atoms with van der Waals surface area (Å²) < 4.78 is 0. The van der Waals surface area contributed by atoms with Gasteiger partial charge in [0.2, 0.25) is 11.8 Å². The third-order valence-electron chi connectivity index (χ3n) is 6.73. The van der Waals surface area contributed by atoms with Crippen molar-refractivity contribution in [2.75, 3.05) is 13.6 Å². The van der Waals surface area contributed by atoms with Crippen molar-refractivity contribution in [2.45, 2.75) is 98.8 Å². The number of likely N-dealkylation sites (tertiary alicyclic amines) is 1. The maximum Gasteiger partial charge on any atom is 0.331 e. The maximum atomic E-state index is 13.4. The summed E-state index contributed by atoms with van der Waals surface area (Å²) >= 11 is 0. The molecule has 1 rings (SSSR count). The van der Waals surface area contributed by atoms with Crippen LogP contribution in [0.15, 0.2) is 11.6 Å². The van der Waals surface area contributed by atoms with E-state index in [2.05, 4.69) is 31.0 Å². The molecule has 1 aliphatic rings. The number of hydrogen-bond donors (Lipinski definition) is 2. The summed E-state index contributed by atoms with van der Waals surface area (Å²) in [4.78, 5) is 41.9. The number of carboxylic acids is 1. The highest BCUT2D eigenvalue weighted by Gasteiger charge is 2.37. The molecular weight excluding hydrogens is 406 g/mol. The van der Waals surface area contributed by atoms with Crippen molar-refractivity contribution in [3.63, 3.8) is 0 Å². The van der Waals surface area contributed by atoms with Crippen LogP contribution in [0.3, 0.4) is 0 Å². The van der Waals surface area contributed by atoms with E-state index in [-0.39, 0.29) is 47.3 Å². The van der Waals surface area contributed by atoms with Gasteiger partial charge in [0.1, 0.15) is 6.04 Å². The Kier molecular flexibility index (Phi) is 10.9. The lowest BCUT2D eigenvalue weighted by Gasteiger charge is -2.42. The van der Waals surface area contributed by atoms with Gasteiger partial charge in [0.15, 0.2) is 0 Å². The average Bonchev–Trinajstić information content (AvgIpc) is 2.73. The number of nitrogens with one attached hydrogen (secondary N) is 1. The summed E-state index contributed by atoms with van der Waals surface area (Å²) in [7, 11) is 1.69. The Bertz CT molecular complexity index is 687. The first kappa shape index (κ1) is 28.1. The van der Waals surface area contributed by atoms with E-state index in [1.807, 2.05) is 27.7 Å². The van der Waals surface area contributed by atoms with Gasteiger partial charge in [-0.2, -0.15) is 0 Å². The Morgan fingerprint density at radius 1 is 1.09 bits per heavy atom. The lowest BCUT2D eigenvalue weighted by Crippen LogP contribution is -2.59. The molecule has 0 aromatic heterocycles. The van der Waals surface area contributed by atoms with Gasteiger partial charge in [-0.1, -0.05) is 47.1 Å². The van der Waals surface area contributed by atoms with Crippen molar-refractivity contribution in [1.29, 1.82) is 0 Å². The molecule has 0 spiro atoms. The van der Waals surface area contributed by atoms with E-state index in [0.29, 0.717) is 5.92 Å². The second-order valence-electron chi connectivity index (χ2n) is 10.2. The van der Waals surface area contributed by atoms with Gasteiger partial charge in [-0.05, 0) is 51.4 Å². The van der Waals surface area contributed by atoms with Crippen LogP contribution in [0.4, 0.5) is 0 Å². The third kappa shape index (κ3) is 7.32. The van der Waals surface area contributed by atoms with Crippen LogP contribution in [0.5, 0.6) is 0 Å². The summed E-state index contributed by atoms with van der Waals surface area (Å²) in [6.45, 7) is 16.6. The molecule has 1 fully saturated rings. The average molecular weight is 452 g/mol. The largest absolute Gasteiger partial charge is 0.478 e. The molecular formula is C25H45N3O4. The van der Waals surface area contributed by atoms with Crippen LogP contribution >= 0.6 is 0 Å². The zero-order valence-electron chi connectivity index (χ0n) is 21.5. The van der Waals surface area contributed by atoms with E-state index in [9.17, 15) is 19.5 Å². The van der Waals surface area contributed by atoms with Crippen molar-refractivity contribution in [1.82, 2.24) is 15.1 Å². The van der Waals surface area contributed by atoms with E-state index >= 15 is 0 Å². The lowest BCUT2D eigenvalue weighted by molar-refractivity contribution is -0.140. The van der Waals surface area contributed by atoms with Gasteiger partial charge in [0.05, 0.1) is 12.1 Å². The molecule has 0 aliphatic carbocycles.